The Kier molecular flexibility index (Phi) is 4.48. The van der Waals surface area contributed by atoms with E-state index in [-0.39, 0.29) is 11.4 Å². The summed E-state index contributed by atoms with van der Waals surface area (Å²) >= 11 is 0. The van der Waals surface area contributed by atoms with Gasteiger partial charge in [-0.2, -0.15) is 0 Å². The lowest BCUT2D eigenvalue weighted by Gasteiger charge is -2.05. The van der Waals surface area contributed by atoms with Crippen molar-refractivity contribution in [1.29, 1.82) is 0 Å². The molecule has 26 heavy (non-hydrogen) atoms. The molecule has 0 aliphatic rings. The summed E-state index contributed by atoms with van der Waals surface area (Å²) in [4.78, 5) is 38.5. The first-order valence-corrected chi connectivity index (χ1v) is 7.46. The summed E-state index contributed by atoms with van der Waals surface area (Å²) in [5.41, 5.74) is 0.875. The second-order valence-electron chi connectivity index (χ2n) is 5.19. The molecule has 3 aromatic rings. The van der Waals surface area contributed by atoms with Gasteiger partial charge in [0.05, 0.1) is 11.8 Å². The molecule has 0 unspecified atom stereocenters. The Bertz CT molecular complexity index is 996. The van der Waals surface area contributed by atoms with E-state index in [9.17, 15) is 14.4 Å². The van der Waals surface area contributed by atoms with Gasteiger partial charge in [-0.25, -0.2) is 19.1 Å². The van der Waals surface area contributed by atoms with Gasteiger partial charge in [0.25, 0.3) is 5.91 Å². The highest BCUT2D eigenvalue weighted by molar-refractivity contribution is 6.04. The number of carbonyl (C=O) groups excluding carboxylic acids is 2. The molecule has 0 saturated carbocycles. The SMILES string of the molecule is CNC(=O)Nc1cn2nc(NC(=O)c3ccc(C(=O)O)cc3)ccc2n1. The van der Waals surface area contributed by atoms with Crippen LogP contribution in [0.5, 0.6) is 0 Å². The monoisotopic (exact) mass is 354 g/mol. The van der Waals surface area contributed by atoms with E-state index >= 15 is 0 Å². The molecular weight excluding hydrogens is 340 g/mol. The number of carboxylic acids is 1. The number of nitrogens with one attached hydrogen (secondary N) is 3. The van der Waals surface area contributed by atoms with Crippen LogP contribution < -0.4 is 16.0 Å². The Morgan fingerprint density at radius 1 is 0.962 bits per heavy atom. The summed E-state index contributed by atoms with van der Waals surface area (Å²) in [5, 5.41) is 20.6. The summed E-state index contributed by atoms with van der Waals surface area (Å²) in [5.74, 6) is -0.916. The first kappa shape index (κ1) is 16.9. The van der Waals surface area contributed by atoms with E-state index in [2.05, 4.69) is 26.0 Å². The van der Waals surface area contributed by atoms with Crippen LogP contribution >= 0.6 is 0 Å². The first-order valence-electron chi connectivity index (χ1n) is 7.46. The number of imidazole rings is 1. The molecule has 0 saturated heterocycles. The van der Waals surface area contributed by atoms with Crippen LogP contribution in [0.4, 0.5) is 16.4 Å². The number of rotatable bonds is 4. The van der Waals surface area contributed by atoms with E-state index in [4.69, 9.17) is 5.11 Å². The molecule has 1 aromatic carbocycles. The lowest BCUT2D eigenvalue weighted by Crippen LogP contribution is -2.24. The predicted octanol–water partition coefficient (Wildman–Crippen LogP) is 1.43. The number of hydrogen-bond acceptors (Lipinski definition) is 5. The zero-order chi connectivity index (χ0) is 18.7. The minimum absolute atomic E-state index is 0.0932. The molecule has 0 aliphatic carbocycles. The van der Waals surface area contributed by atoms with Crippen molar-refractivity contribution < 1.29 is 19.5 Å². The highest BCUT2D eigenvalue weighted by Gasteiger charge is 2.11. The molecule has 0 spiro atoms. The molecule has 10 heteroatoms. The van der Waals surface area contributed by atoms with Crippen LogP contribution in [-0.2, 0) is 0 Å². The second kappa shape index (κ2) is 6.89. The summed E-state index contributed by atoms with van der Waals surface area (Å²) in [7, 11) is 1.49. The molecule has 0 fully saturated rings. The Morgan fingerprint density at radius 3 is 2.31 bits per heavy atom. The van der Waals surface area contributed by atoms with Gasteiger partial charge in [0, 0.05) is 12.6 Å². The fraction of sp³-hybridized carbons (Fsp3) is 0.0625. The minimum Gasteiger partial charge on any atom is -0.478 e. The number of carboxylic acid groups (broad SMARTS) is 1. The average molecular weight is 354 g/mol. The first-order chi connectivity index (χ1) is 12.5. The van der Waals surface area contributed by atoms with Gasteiger partial charge < -0.3 is 15.7 Å². The van der Waals surface area contributed by atoms with E-state index in [1.54, 1.807) is 12.1 Å². The molecule has 0 aliphatic heterocycles. The van der Waals surface area contributed by atoms with Gasteiger partial charge in [0.1, 0.15) is 0 Å². The maximum atomic E-state index is 12.2. The molecule has 10 nitrogen and oxygen atoms in total. The normalized spacial score (nSPS) is 10.3. The molecule has 3 amide bonds. The van der Waals surface area contributed by atoms with Crippen molar-refractivity contribution in [3.05, 3.63) is 53.7 Å². The van der Waals surface area contributed by atoms with Crippen LogP contribution in [0.2, 0.25) is 0 Å². The molecule has 0 radical (unpaired) electrons. The van der Waals surface area contributed by atoms with E-state index in [1.165, 1.54) is 42.0 Å². The van der Waals surface area contributed by atoms with Gasteiger partial charge >= 0.3 is 12.0 Å². The number of fused-ring (bicyclic) bond motifs is 1. The lowest BCUT2D eigenvalue weighted by molar-refractivity contribution is 0.0696. The molecule has 2 heterocycles. The molecule has 0 bridgehead atoms. The average Bonchev–Trinajstić information content (AvgIpc) is 3.03. The maximum absolute atomic E-state index is 12.2. The van der Waals surface area contributed by atoms with E-state index in [0.29, 0.717) is 17.0 Å². The van der Waals surface area contributed by atoms with Crippen molar-refractivity contribution in [2.24, 2.45) is 0 Å². The fourth-order valence-electron chi connectivity index (χ4n) is 2.14. The summed E-state index contributed by atoms with van der Waals surface area (Å²) in [6, 6.07) is 8.31. The lowest BCUT2D eigenvalue weighted by atomic mass is 10.1. The number of hydrogen-bond donors (Lipinski definition) is 4. The third kappa shape index (κ3) is 3.59. The van der Waals surface area contributed by atoms with Crippen LogP contribution in [0, 0.1) is 0 Å². The van der Waals surface area contributed by atoms with Crippen LogP contribution in [0.3, 0.4) is 0 Å². The van der Waals surface area contributed by atoms with E-state index < -0.39 is 17.9 Å². The number of aromatic nitrogens is 3. The smallest absolute Gasteiger partial charge is 0.335 e. The minimum atomic E-state index is -1.06. The molecular formula is C16H14N6O4. The Labute approximate surface area is 146 Å². The zero-order valence-corrected chi connectivity index (χ0v) is 13.6. The number of aromatic carboxylic acids is 1. The number of nitrogens with zero attached hydrogens (tertiary/aromatic N) is 3. The van der Waals surface area contributed by atoms with Crippen LogP contribution in [0.25, 0.3) is 5.65 Å². The van der Waals surface area contributed by atoms with Crippen molar-refractivity contribution in [2.45, 2.75) is 0 Å². The molecule has 4 N–H and O–H groups in total. The molecule has 132 valence electrons. The van der Waals surface area contributed by atoms with Crippen molar-refractivity contribution in [1.82, 2.24) is 19.9 Å². The van der Waals surface area contributed by atoms with E-state index in [0.717, 1.165) is 0 Å². The molecule has 3 rings (SSSR count). The second-order valence-corrected chi connectivity index (χ2v) is 5.19. The predicted molar refractivity (Wildman–Crippen MR) is 92.4 cm³/mol. The zero-order valence-electron chi connectivity index (χ0n) is 13.6. The van der Waals surface area contributed by atoms with Crippen LogP contribution in [0.1, 0.15) is 20.7 Å². The van der Waals surface area contributed by atoms with Crippen molar-refractivity contribution >= 4 is 35.2 Å². The Balaban J connectivity index is 1.76. The number of anilines is 2. The van der Waals surface area contributed by atoms with Crippen LogP contribution in [-0.4, -0.2) is 44.7 Å². The number of carbonyl (C=O) groups is 3. The number of benzene rings is 1. The van der Waals surface area contributed by atoms with Gasteiger partial charge in [-0.1, -0.05) is 0 Å². The largest absolute Gasteiger partial charge is 0.478 e. The van der Waals surface area contributed by atoms with Gasteiger partial charge in [-0.15, -0.1) is 5.10 Å². The Morgan fingerprint density at radius 2 is 1.65 bits per heavy atom. The highest BCUT2D eigenvalue weighted by atomic mass is 16.4. The van der Waals surface area contributed by atoms with Crippen molar-refractivity contribution in [2.75, 3.05) is 17.7 Å². The molecule has 0 atom stereocenters. The third-order valence-corrected chi connectivity index (χ3v) is 3.42. The maximum Gasteiger partial charge on any atom is 0.335 e. The number of amides is 3. The number of urea groups is 1. The Hall–Kier alpha value is -3.95. The fourth-order valence-corrected chi connectivity index (χ4v) is 2.14. The topological polar surface area (TPSA) is 138 Å². The summed E-state index contributed by atoms with van der Waals surface area (Å²) in [6.45, 7) is 0. The third-order valence-electron chi connectivity index (χ3n) is 3.42. The van der Waals surface area contributed by atoms with Crippen LogP contribution in [0.15, 0.2) is 42.6 Å². The summed E-state index contributed by atoms with van der Waals surface area (Å²) in [6.07, 6.45) is 1.50. The quantitative estimate of drug-likeness (QED) is 0.559. The van der Waals surface area contributed by atoms with Gasteiger partial charge in [0.2, 0.25) is 0 Å². The van der Waals surface area contributed by atoms with E-state index in [1.807, 2.05) is 0 Å². The highest BCUT2D eigenvalue weighted by Crippen LogP contribution is 2.12. The van der Waals surface area contributed by atoms with Gasteiger partial charge in [-0.05, 0) is 36.4 Å². The van der Waals surface area contributed by atoms with Gasteiger partial charge in [0.15, 0.2) is 17.3 Å². The van der Waals surface area contributed by atoms with Crippen molar-refractivity contribution in [3.8, 4) is 0 Å². The van der Waals surface area contributed by atoms with Gasteiger partial charge in [-0.3, -0.25) is 10.1 Å². The molecule has 2 aromatic heterocycles. The standard InChI is InChI=1S/C16H14N6O4/c1-17-16(26)20-12-8-22-13(18-12)7-6-11(21-22)19-14(23)9-2-4-10(5-3-9)15(24)25/h2-8H,1H3,(H,24,25)(H2,17,20,26)(H,19,21,23). The van der Waals surface area contributed by atoms with Crippen molar-refractivity contribution in [3.63, 3.8) is 0 Å². The summed E-state index contributed by atoms with van der Waals surface area (Å²) < 4.78 is 1.41.